The maximum atomic E-state index is 13.6. The summed E-state index contributed by atoms with van der Waals surface area (Å²) in [4.78, 5) is 29.9. The third-order valence-corrected chi connectivity index (χ3v) is 6.52. The number of carbonyl (C=O) groups excluding carboxylic acids is 2. The van der Waals surface area contributed by atoms with Gasteiger partial charge in [-0.05, 0) is 44.0 Å². The molecule has 32 heavy (non-hydrogen) atoms. The molecule has 0 aliphatic carbocycles. The molecule has 0 bridgehead atoms. The van der Waals surface area contributed by atoms with Gasteiger partial charge >= 0.3 is 6.09 Å². The van der Waals surface area contributed by atoms with E-state index < -0.39 is 17.7 Å². The Morgan fingerprint density at radius 1 is 1.16 bits per heavy atom. The molecule has 0 aromatic heterocycles. The molecule has 2 amide bonds. The first kappa shape index (κ1) is 24.4. The normalized spacial score (nSPS) is 18.5. The molecule has 2 aromatic rings. The van der Waals surface area contributed by atoms with Gasteiger partial charge in [-0.2, -0.15) is 0 Å². The van der Waals surface area contributed by atoms with Gasteiger partial charge in [-0.15, -0.1) is 11.8 Å². The van der Waals surface area contributed by atoms with Crippen molar-refractivity contribution in [2.45, 2.75) is 44.3 Å². The summed E-state index contributed by atoms with van der Waals surface area (Å²) in [7, 11) is 0. The maximum absolute atomic E-state index is 13.6. The largest absolute Gasteiger partial charge is 0.444 e. The van der Waals surface area contributed by atoms with Gasteiger partial charge in [-0.3, -0.25) is 9.69 Å². The van der Waals surface area contributed by atoms with Gasteiger partial charge in [-0.1, -0.05) is 54.1 Å². The number of thioether (sulfide) groups is 1. The molecule has 0 spiro atoms. The lowest BCUT2D eigenvalue weighted by Gasteiger charge is -2.34. The SMILES string of the molecule is CC(C)(C)OC(=O)N1C(C(=O)N(CCO)Cc2ccccc2)CSC1c1ccc(Cl)cc1. The van der Waals surface area contributed by atoms with Crippen LogP contribution in [0.2, 0.25) is 5.02 Å². The van der Waals surface area contributed by atoms with E-state index in [1.54, 1.807) is 37.8 Å². The third-order valence-electron chi connectivity index (χ3n) is 4.94. The fourth-order valence-electron chi connectivity index (χ4n) is 3.52. The average Bonchev–Trinajstić information content (AvgIpc) is 3.18. The van der Waals surface area contributed by atoms with E-state index in [0.717, 1.165) is 11.1 Å². The van der Waals surface area contributed by atoms with E-state index in [4.69, 9.17) is 16.3 Å². The minimum Gasteiger partial charge on any atom is -0.444 e. The van der Waals surface area contributed by atoms with Crippen molar-refractivity contribution in [3.05, 3.63) is 70.7 Å². The van der Waals surface area contributed by atoms with Crippen LogP contribution in [0.15, 0.2) is 54.6 Å². The Bertz CT molecular complexity index is 918. The quantitative estimate of drug-likeness (QED) is 0.653. The molecule has 2 atom stereocenters. The number of halogens is 1. The summed E-state index contributed by atoms with van der Waals surface area (Å²) in [6.07, 6.45) is -0.538. The molecule has 8 heteroatoms. The predicted octanol–water partition coefficient (Wildman–Crippen LogP) is 4.71. The maximum Gasteiger partial charge on any atom is 0.412 e. The monoisotopic (exact) mass is 476 g/mol. The van der Waals surface area contributed by atoms with Gasteiger partial charge in [0.05, 0.1) is 6.61 Å². The lowest BCUT2D eigenvalue weighted by molar-refractivity contribution is -0.137. The minimum absolute atomic E-state index is 0.161. The van der Waals surface area contributed by atoms with E-state index in [1.165, 1.54) is 16.7 Å². The Hall–Kier alpha value is -2.22. The molecule has 0 saturated carbocycles. The Morgan fingerprint density at radius 3 is 2.41 bits per heavy atom. The van der Waals surface area contributed by atoms with E-state index in [-0.39, 0.29) is 24.4 Å². The van der Waals surface area contributed by atoms with Gasteiger partial charge in [0, 0.05) is 23.9 Å². The van der Waals surface area contributed by atoms with Crippen molar-refractivity contribution < 1.29 is 19.4 Å². The smallest absolute Gasteiger partial charge is 0.412 e. The fraction of sp³-hybridized carbons (Fsp3) is 0.417. The second-order valence-electron chi connectivity index (χ2n) is 8.61. The molecule has 1 heterocycles. The molecule has 1 saturated heterocycles. The van der Waals surface area contributed by atoms with Gasteiger partial charge in [0.1, 0.15) is 17.0 Å². The molecule has 1 N–H and O–H groups in total. The van der Waals surface area contributed by atoms with E-state index in [2.05, 4.69) is 0 Å². The Kier molecular flexibility index (Phi) is 8.09. The zero-order valence-corrected chi connectivity index (χ0v) is 20.1. The third kappa shape index (κ3) is 6.18. The number of ether oxygens (including phenoxy) is 1. The number of benzene rings is 2. The van der Waals surface area contributed by atoms with Gasteiger partial charge in [-0.25, -0.2) is 4.79 Å². The second-order valence-corrected chi connectivity index (χ2v) is 10.2. The molecule has 172 valence electrons. The van der Waals surface area contributed by atoms with Gasteiger partial charge in [0.25, 0.3) is 0 Å². The Labute approximate surface area is 198 Å². The summed E-state index contributed by atoms with van der Waals surface area (Å²) in [5.74, 6) is 0.222. The topological polar surface area (TPSA) is 70.1 Å². The Morgan fingerprint density at radius 2 is 1.81 bits per heavy atom. The average molecular weight is 477 g/mol. The lowest BCUT2D eigenvalue weighted by Crippen LogP contribution is -2.51. The highest BCUT2D eigenvalue weighted by Crippen LogP contribution is 2.43. The first-order chi connectivity index (χ1) is 15.2. The highest BCUT2D eigenvalue weighted by atomic mass is 35.5. The minimum atomic E-state index is -0.703. The van der Waals surface area contributed by atoms with Crippen molar-refractivity contribution >= 4 is 35.4 Å². The fourth-order valence-corrected chi connectivity index (χ4v) is 5.06. The van der Waals surface area contributed by atoms with E-state index in [0.29, 0.717) is 17.3 Å². The van der Waals surface area contributed by atoms with Crippen LogP contribution in [0.5, 0.6) is 0 Å². The van der Waals surface area contributed by atoms with Crippen LogP contribution in [-0.2, 0) is 16.1 Å². The summed E-state index contributed by atoms with van der Waals surface area (Å²) in [6, 6.07) is 16.2. The first-order valence-corrected chi connectivity index (χ1v) is 11.9. The molecule has 1 aliphatic heterocycles. The van der Waals surface area contributed by atoms with Crippen LogP contribution < -0.4 is 0 Å². The molecule has 2 aromatic carbocycles. The summed E-state index contributed by atoms with van der Waals surface area (Å²) < 4.78 is 5.66. The molecule has 6 nitrogen and oxygen atoms in total. The number of hydrogen-bond acceptors (Lipinski definition) is 5. The Balaban J connectivity index is 1.89. The molecule has 2 unspecified atom stereocenters. The standard InChI is InChI=1S/C24H29ClN2O4S/c1-24(2,3)31-23(30)27-20(16-32-22(27)18-9-11-19(25)12-10-18)21(29)26(13-14-28)15-17-7-5-4-6-8-17/h4-12,20,22,28H,13-16H2,1-3H3. The molecular formula is C24H29ClN2O4S. The lowest BCUT2D eigenvalue weighted by atomic mass is 10.1. The summed E-state index contributed by atoms with van der Waals surface area (Å²) in [6.45, 7) is 5.78. The second kappa shape index (κ2) is 10.6. The van der Waals surface area contributed by atoms with Crippen molar-refractivity contribution in [3.63, 3.8) is 0 Å². The summed E-state index contributed by atoms with van der Waals surface area (Å²) in [5, 5.41) is 9.80. The van der Waals surface area contributed by atoms with Crippen LogP contribution in [-0.4, -0.2) is 57.5 Å². The number of hydrogen-bond donors (Lipinski definition) is 1. The first-order valence-electron chi connectivity index (χ1n) is 10.5. The zero-order chi connectivity index (χ0) is 23.3. The van der Waals surface area contributed by atoms with Crippen LogP contribution >= 0.6 is 23.4 Å². The van der Waals surface area contributed by atoms with E-state index >= 15 is 0 Å². The van der Waals surface area contributed by atoms with Crippen LogP contribution in [0.25, 0.3) is 0 Å². The number of aliphatic hydroxyl groups is 1. The molecular weight excluding hydrogens is 448 g/mol. The number of aliphatic hydroxyl groups excluding tert-OH is 1. The molecule has 3 rings (SSSR count). The highest BCUT2D eigenvalue weighted by molar-refractivity contribution is 7.99. The van der Waals surface area contributed by atoms with Crippen molar-refractivity contribution in [2.24, 2.45) is 0 Å². The molecule has 0 radical (unpaired) electrons. The van der Waals surface area contributed by atoms with Crippen LogP contribution in [0.3, 0.4) is 0 Å². The zero-order valence-electron chi connectivity index (χ0n) is 18.5. The van der Waals surface area contributed by atoms with Crippen molar-refractivity contribution in [2.75, 3.05) is 18.9 Å². The number of carbonyl (C=O) groups is 2. The van der Waals surface area contributed by atoms with Crippen molar-refractivity contribution in [3.8, 4) is 0 Å². The number of amides is 2. The number of rotatable bonds is 6. The van der Waals surface area contributed by atoms with Gasteiger partial charge < -0.3 is 14.7 Å². The van der Waals surface area contributed by atoms with Crippen LogP contribution in [0.1, 0.15) is 37.3 Å². The summed E-state index contributed by atoms with van der Waals surface area (Å²) >= 11 is 7.55. The van der Waals surface area contributed by atoms with Gasteiger partial charge in [0.2, 0.25) is 5.91 Å². The van der Waals surface area contributed by atoms with Crippen molar-refractivity contribution in [1.82, 2.24) is 9.80 Å². The number of nitrogens with zero attached hydrogens (tertiary/aromatic N) is 2. The van der Waals surface area contributed by atoms with E-state index in [9.17, 15) is 14.7 Å². The molecule has 1 aliphatic rings. The van der Waals surface area contributed by atoms with Crippen LogP contribution in [0.4, 0.5) is 4.79 Å². The van der Waals surface area contributed by atoms with Crippen molar-refractivity contribution in [1.29, 1.82) is 0 Å². The summed E-state index contributed by atoms with van der Waals surface area (Å²) in [5.41, 5.74) is 1.13. The van der Waals surface area contributed by atoms with E-state index in [1.807, 2.05) is 42.5 Å². The predicted molar refractivity (Wildman–Crippen MR) is 127 cm³/mol. The van der Waals surface area contributed by atoms with Gasteiger partial charge in [0.15, 0.2) is 0 Å². The van der Waals surface area contributed by atoms with Crippen LogP contribution in [0, 0.1) is 0 Å². The highest BCUT2D eigenvalue weighted by Gasteiger charge is 2.45. The molecule has 1 fully saturated rings.